The average molecular weight is 197 g/mol. The number of hydrogen-bond donors (Lipinski definition) is 0. The maximum absolute atomic E-state index is 12.1. The third kappa shape index (κ3) is 3.91. The molecule has 0 heterocycles. The van der Waals surface area contributed by atoms with E-state index in [4.69, 9.17) is 0 Å². The summed E-state index contributed by atoms with van der Waals surface area (Å²) >= 11 is 0. The molecule has 0 atom stereocenters. The van der Waals surface area contributed by atoms with Gasteiger partial charge in [-0.15, -0.1) is 0 Å². The van der Waals surface area contributed by atoms with Crippen molar-refractivity contribution in [1.82, 2.24) is 0 Å². The first-order chi connectivity index (χ1) is 5.79. The van der Waals surface area contributed by atoms with Crippen LogP contribution in [0.15, 0.2) is 4.99 Å². The number of hydrogen-bond acceptors (Lipinski definition) is 2. The SMILES string of the molecule is COC(=O)/N=C(/C(C)C)C(F)(F)F. The molecule has 0 saturated heterocycles. The Morgan fingerprint density at radius 1 is 1.38 bits per heavy atom. The van der Waals surface area contributed by atoms with Crippen LogP contribution >= 0.6 is 0 Å². The zero-order valence-corrected chi connectivity index (χ0v) is 7.47. The third-order valence-corrected chi connectivity index (χ3v) is 1.22. The van der Waals surface area contributed by atoms with Crippen molar-refractivity contribution in [2.24, 2.45) is 10.9 Å². The largest absolute Gasteiger partial charge is 0.451 e. The maximum Gasteiger partial charge on any atom is 0.433 e. The van der Waals surface area contributed by atoms with E-state index in [1.807, 2.05) is 0 Å². The minimum atomic E-state index is -4.58. The molecule has 6 heteroatoms. The molecule has 0 radical (unpaired) electrons. The second-order valence-electron chi connectivity index (χ2n) is 2.62. The van der Waals surface area contributed by atoms with Crippen molar-refractivity contribution >= 4 is 11.8 Å². The molecule has 0 aromatic rings. The summed E-state index contributed by atoms with van der Waals surface area (Å²) in [6.07, 6.45) is -5.82. The van der Waals surface area contributed by atoms with Gasteiger partial charge in [-0.2, -0.15) is 18.2 Å². The second-order valence-corrected chi connectivity index (χ2v) is 2.62. The first kappa shape index (κ1) is 11.9. The molecular formula is C7H10F3NO2. The van der Waals surface area contributed by atoms with E-state index >= 15 is 0 Å². The van der Waals surface area contributed by atoms with Crippen molar-refractivity contribution in [2.75, 3.05) is 7.11 Å². The van der Waals surface area contributed by atoms with Crippen LogP contribution in [0.5, 0.6) is 0 Å². The Bertz CT molecular complexity index is 220. The number of carbonyl (C=O) groups is 1. The second kappa shape index (κ2) is 4.25. The molecular weight excluding hydrogens is 187 g/mol. The van der Waals surface area contributed by atoms with Gasteiger partial charge < -0.3 is 4.74 Å². The number of rotatable bonds is 1. The van der Waals surface area contributed by atoms with E-state index in [1.54, 1.807) is 0 Å². The molecule has 0 aliphatic heterocycles. The topological polar surface area (TPSA) is 38.7 Å². The number of aliphatic imine (C=N–C) groups is 1. The summed E-state index contributed by atoms with van der Waals surface area (Å²) in [7, 11) is 0.972. The van der Waals surface area contributed by atoms with Gasteiger partial charge in [-0.1, -0.05) is 13.8 Å². The summed E-state index contributed by atoms with van der Waals surface area (Å²) in [5.41, 5.74) is -1.13. The Balaban J connectivity index is 4.82. The van der Waals surface area contributed by atoms with Gasteiger partial charge >= 0.3 is 12.3 Å². The van der Waals surface area contributed by atoms with Crippen molar-refractivity contribution in [2.45, 2.75) is 20.0 Å². The Morgan fingerprint density at radius 3 is 2.08 bits per heavy atom. The Labute approximate surface area is 73.6 Å². The summed E-state index contributed by atoms with van der Waals surface area (Å²) in [6, 6.07) is 0. The van der Waals surface area contributed by atoms with Crippen LogP contribution in [0.3, 0.4) is 0 Å². The van der Waals surface area contributed by atoms with Crippen LogP contribution in [-0.4, -0.2) is 25.1 Å². The lowest BCUT2D eigenvalue weighted by molar-refractivity contribution is -0.0624. The van der Waals surface area contributed by atoms with Crippen LogP contribution in [0.1, 0.15) is 13.8 Å². The average Bonchev–Trinajstić information content (AvgIpc) is 1.96. The monoisotopic (exact) mass is 197 g/mol. The molecule has 13 heavy (non-hydrogen) atoms. The van der Waals surface area contributed by atoms with Crippen LogP contribution in [0, 0.1) is 5.92 Å². The fraction of sp³-hybridized carbons (Fsp3) is 0.714. The minimum Gasteiger partial charge on any atom is -0.451 e. The van der Waals surface area contributed by atoms with Gasteiger partial charge in [0.15, 0.2) is 0 Å². The van der Waals surface area contributed by atoms with Crippen LogP contribution in [0.25, 0.3) is 0 Å². The van der Waals surface area contributed by atoms with E-state index in [9.17, 15) is 18.0 Å². The van der Waals surface area contributed by atoms with Gasteiger partial charge in [0.2, 0.25) is 0 Å². The van der Waals surface area contributed by atoms with Gasteiger partial charge in [-0.25, -0.2) is 4.79 Å². The Kier molecular flexibility index (Phi) is 3.90. The summed E-state index contributed by atoms with van der Waals surface area (Å²) < 4.78 is 40.4. The predicted molar refractivity (Wildman–Crippen MR) is 40.7 cm³/mol. The molecule has 0 aliphatic carbocycles. The molecule has 76 valence electrons. The number of alkyl halides is 3. The first-order valence-electron chi connectivity index (χ1n) is 3.52. The standard InChI is InChI=1S/C7H10F3NO2/c1-4(2)5(7(8,9)10)11-6(12)13-3/h4H,1-3H3/b11-5-. The van der Waals surface area contributed by atoms with E-state index in [1.165, 1.54) is 13.8 Å². The normalized spacial score (nSPS) is 13.3. The van der Waals surface area contributed by atoms with Crippen molar-refractivity contribution in [1.29, 1.82) is 0 Å². The lowest BCUT2D eigenvalue weighted by Gasteiger charge is -2.12. The predicted octanol–water partition coefficient (Wildman–Crippen LogP) is 2.41. The molecule has 0 aliphatic rings. The van der Waals surface area contributed by atoms with E-state index in [2.05, 4.69) is 9.73 Å². The zero-order chi connectivity index (χ0) is 10.6. The van der Waals surface area contributed by atoms with Gasteiger partial charge in [0.05, 0.1) is 7.11 Å². The molecule has 0 saturated carbocycles. The number of nitrogens with zero attached hydrogens (tertiary/aromatic N) is 1. The molecule has 0 bridgehead atoms. The van der Waals surface area contributed by atoms with Crippen molar-refractivity contribution in [3.8, 4) is 0 Å². The summed E-state index contributed by atoms with van der Waals surface area (Å²) in [5, 5.41) is 0. The lowest BCUT2D eigenvalue weighted by Crippen LogP contribution is -2.29. The summed E-state index contributed by atoms with van der Waals surface area (Å²) in [5.74, 6) is -0.862. The molecule has 0 unspecified atom stereocenters. The highest BCUT2D eigenvalue weighted by Gasteiger charge is 2.38. The summed E-state index contributed by atoms with van der Waals surface area (Å²) in [6.45, 7) is 2.60. The van der Waals surface area contributed by atoms with Crippen molar-refractivity contribution in [3.05, 3.63) is 0 Å². The van der Waals surface area contributed by atoms with Gasteiger partial charge in [0.25, 0.3) is 0 Å². The zero-order valence-electron chi connectivity index (χ0n) is 7.47. The summed E-state index contributed by atoms with van der Waals surface area (Å²) in [4.78, 5) is 13.3. The molecule has 0 spiro atoms. The lowest BCUT2D eigenvalue weighted by atomic mass is 10.1. The van der Waals surface area contributed by atoms with E-state index in [-0.39, 0.29) is 0 Å². The molecule has 0 N–H and O–H groups in total. The first-order valence-corrected chi connectivity index (χ1v) is 3.52. The van der Waals surface area contributed by atoms with Gasteiger partial charge in [0, 0.05) is 5.92 Å². The van der Waals surface area contributed by atoms with Gasteiger partial charge in [-0.3, -0.25) is 0 Å². The van der Waals surface area contributed by atoms with Crippen LogP contribution in [-0.2, 0) is 4.74 Å². The number of methoxy groups -OCH3 is 1. The number of amides is 1. The molecule has 0 aromatic carbocycles. The highest BCUT2D eigenvalue weighted by Crippen LogP contribution is 2.22. The van der Waals surface area contributed by atoms with E-state index in [0.29, 0.717) is 0 Å². The molecule has 3 nitrogen and oxygen atoms in total. The van der Waals surface area contributed by atoms with Crippen LogP contribution in [0.4, 0.5) is 18.0 Å². The smallest absolute Gasteiger partial charge is 0.433 e. The maximum atomic E-state index is 12.1. The van der Waals surface area contributed by atoms with E-state index < -0.39 is 23.9 Å². The van der Waals surface area contributed by atoms with Crippen molar-refractivity contribution in [3.63, 3.8) is 0 Å². The quantitative estimate of drug-likeness (QED) is 0.605. The number of carbonyl (C=O) groups excluding carboxylic acids is 1. The van der Waals surface area contributed by atoms with E-state index in [0.717, 1.165) is 7.11 Å². The molecule has 0 fully saturated rings. The number of ether oxygens (including phenoxy) is 1. The highest BCUT2D eigenvalue weighted by molar-refractivity contribution is 5.98. The third-order valence-electron chi connectivity index (χ3n) is 1.22. The van der Waals surface area contributed by atoms with Crippen LogP contribution < -0.4 is 0 Å². The molecule has 1 amide bonds. The fourth-order valence-corrected chi connectivity index (χ4v) is 0.664. The molecule has 0 aromatic heterocycles. The van der Waals surface area contributed by atoms with Gasteiger partial charge in [-0.05, 0) is 0 Å². The minimum absolute atomic E-state index is 0.862. The number of halogens is 3. The van der Waals surface area contributed by atoms with Crippen LogP contribution in [0.2, 0.25) is 0 Å². The fourth-order valence-electron chi connectivity index (χ4n) is 0.664. The highest BCUT2D eigenvalue weighted by atomic mass is 19.4. The molecule has 0 rings (SSSR count). The van der Waals surface area contributed by atoms with Gasteiger partial charge in [0.1, 0.15) is 5.71 Å². The Morgan fingerprint density at radius 2 is 1.85 bits per heavy atom. The Hall–Kier alpha value is -1.07. The van der Waals surface area contributed by atoms with Crippen molar-refractivity contribution < 1.29 is 22.7 Å².